The molecule has 20 heavy (non-hydrogen) atoms. The van der Waals surface area contributed by atoms with Crippen LogP contribution in [0.5, 0.6) is 5.75 Å². The summed E-state index contributed by atoms with van der Waals surface area (Å²) >= 11 is 0. The van der Waals surface area contributed by atoms with E-state index in [1.807, 2.05) is 12.1 Å². The number of hydrogen-bond donors (Lipinski definition) is 1. The van der Waals surface area contributed by atoms with Crippen LogP contribution in [0.4, 0.5) is 4.39 Å². The minimum absolute atomic E-state index is 0.258. The zero-order chi connectivity index (χ0) is 14.5. The fourth-order valence-electron chi connectivity index (χ4n) is 1.94. The molecule has 0 bridgehead atoms. The average Bonchev–Trinajstić information content (AvgIpc) is 2.46. The fraction of sp³-hybridized carbons (Fsp3) is 0.294. The van der Waals surface area contributed by atoms with Crippen molar-refractivity contribution in [3.63, 3.8) is 0 Å². The Balaban J connectivity index is 1.92. The fourth-order valence-corrected chi connectivity index (χ4v) is 1.94. The molecule has 0 spiro atoms. The summed E-state index contributed by atoms with van der Waals surface area (Å²) in [6, 6.07) is 13.9. The van der Waals surface area contributed by atoms with Gasteiger partial charge in [-0.3, -0.25) is 0 Å². The normalized spacial score (nSPS) is 12.4. The molecule has 3 heteroatoms. The summed E-state index contributed by atoms with van der Waals surface area (Å²) in [6.07, 6.45) is 0. The van der Waals surface area contributed by atoms with Gasteiger partial charge in [0.1, 0.15) is 18.2 Å². The van der Waals surface area contributed by atoms with E-state index in [1.54, 1.807) is 12.1 Å². The van der Waals surface area contributed by atoms with Crippen molar-refractivity contribution >= 4 is 0 Å². The van der Waals surface area contributed by atoms with Crippen LogP contribution in [0, 0.1) is 5.82 Å². The highest BCUT2D eigenvalue weighted by atomic mass is 19.1. The molecule has 0 heterocycles. The number of benzene rings is 2. The first-order chi connectivity index (χ1) is 9.56. The molecule has 2 rings (SSSR count). The largest absolute Gasteiger partial charge is 0.492 e. The van der Waals surface area contributed by atoms with Crippen molar-refractivity contribution in [1.29, 1.82) is 0 Å². The van der Waals surface area contributed by atoms with Crippen molar-refractivity contribution in [2.24, 2.45) is 5.73 Å². The van der Waals surface area contributed by atoms with Crippen LogP contribution in [0.3, 0.4) is 0 Å². The minimum Gasteiger partial charge on any atom is -0.492 e. The lowest BCUT2D eigenvalue weighted by Crippen LogP contribution is -2.18. The zero-order valence-corrected chi connectivity index (χ0v) is 11.8. The molecule has 2 aromatic rings. The molecule has 0 radical (unpaired) electrons. The van der Waals surface area contributed by atoms with E-state index in [9.17, 15) is 4.39 Å². The van der Waals surface area contributed by atoms with E-state index >= 15 is 0 Å². The van der Waals surface area contributed by atoms with E-state index in [0.29, 0.717) is 12.5 Å². The summed E-state index contributed by atoms with van der Waals surface area (Å²) < 4.78 is 18.5. The molecule has 0 fully saturated rings. The maximum atomic E-state index is 12.8. The van der Waals surface area contributed by atoms with Crippen LogP contribution < -0.4 is 10.5 Å². The molecule has 2 aromatic carbocycles. The monoisotopic (exact) mass is 273 g/mol. The number of rotatable bonds is 5. The lowest BCUT2D eigenvalue weighted by molar-refractivity contribution is 0.290. The Labute approximate surface area is 119 Å². The molecule has 0 aliphatic rings. The van der Waals surface area contributed by atoms with Crippen molar-refractivity contribution in [3.8, 4) is 5.75 Å². The second-order valence-corrected chi connectivity index (χ2v) is 5.19. The van der Waals surface area contributed by atoms with E-state index in [0.717, 1.165) is 11.3 Å². The highest BCUT2D eigenvalue weighted by Crippen LogP contribution is 2.20. The van der Waals surface area contributed by atoms with Gasteiger partial charge in [0.15, 0.2) is 0 Å². The predicted octanol–water partition coefficient (Wildman–Crippen LogP) is 4.03. The van der Waals surface area contributed by atoms with E-state index in [-0.39, 0.29) is 11.9 Å². The Bertz CT molecular complexity index is 534. The van der Waals surface area contributed by atoms with Gasteiger partial charge in [-0.15, -0.1) is 0 Å². The van der Waals surface area contributed by atoms with Crippen LogP contribution in [0.25, 0.3) is 0 Å². The van der Waals surface area contributed by atoms with E-state index in [1.165, 1.54) is 17.7 Å². The van der Waals surface area contributed by atoms with Crippen molar-refractivity contribution in [3.05, 3.63) is 65.5 Å². The second kappa shape index (κ2) is 6.53. The standard InChI is InChI=1S/C17H20FNO/c1-12(2)13-5-9-16(10-6-13)20-11-17(19)14-3-7-15(18)8-4-14/h3-10,12,17H,11,19H2,1-2H3. The van der Waals surface area contributed by atoms with Crippen LogP contribution >= 0.6 is 0 Å². The molecule has 1 unspecified atom stereocenters. The summed E-state index contributed by atoms with van der Waals surface area (Å²) in [6.45, 7) is 4.67. The molecule has 0 amide bonds. The lowest BCUT2D eigenvalue weighted by atomic mass is 10.0. The Morgan fingerprint density at radius 2 is 1.50 bits per heavy atom. The van der Waals surface area contributed by atoms with Crippen molar-refractivity contribution < 1.29 is 9.13 Å². The van der Waals surface area contributed by atoms with Gasteiger partial charge in [-0.25, -0.2) is 4.39 Å². The summed E-state index contributed by atoms with van der Waals surface area (Å²) in [7, 11) is 0. The van der Waals surface area contributed by atoms with Crippen LogP contribution in [0.1, 0.15) is 36.9 Å². The molecule has 2 N–H and O–H groups in total. The molecular formula is C17H20FNO. The Morgan fingerprint density at radius 1 is 0.950 bits per heavy atom. The maximum Gasteiger partial charge on any atom is 0.123 e. The first-order valence-electron chi connectivity index (χ1n) is 6.80. The quantitative estimate of drug-likeness (QED) is 0.892. The number of nitrogens with two attached hydrogens (primary N) is 1. The highest BCUT2D eigenvalue weighted by molar-refractivity contribution is 5.29. The van der Waals surface area contributed by atoms with Crippen molar-refractivity contribution in [2.75, 3.05) is 6.61 Å². The Morgan fingerprint density at radius 3 is 2.05 bits per heavy atom. The summed E-state index contributed by atoms with van der Waals surface area (Å²) in [4.78, 5) is 0. The smallest absolute Gasteiger partial charge is 0.123 e. The van der Waals surface area contributed by atoms with Gasteiger partial charge in [-0.1, -0.05) is 38.1 Å². The van der Waals surface area contributed by atoms with Gasteiger partial charge in [0, 0.05) is 0 Å². The van der Waals surface area contributed by atoms with Crippen molar-refractivity contribution in [2.45, 2.75) is 25.8 Å². The number of ether oxygens (including phenoxy) is 1. The van der Waals surface area contributed by atoms with Crippen LogP contribution in [0.15, 0.2) is 48.5 Å². The van der Waals surface area contributed by atoms with Crippen LogP contribution in [-0.4, -0.2) is 6.61 Å². The summed E-state index contributed by atoms with van der Waals surface area (Å²) in [5.41, 5.74) is 8.17. The second-order valence-electron chi connectivity index (χ2n) is 5.19. The molecule has 0 aromatic heterocycles. The topological polar surface area (TPSA) is 35.2 Å². The van der Waals surface area contributed by atoms with E-state index < -0.39 is 0 Å². The van der Waals surface area contributed by atoms with E-state index in [2.05, 4.69) is 26.0 Å². The number of halogens is 1. The molecule has 2 nitrogen and oxygen atoms in total. The van der Waals surface area contributed by atoms with E-state index in [4.69, 9.17) is 10.5 Å². The van der Waals surface area contributed by atoms with Gasteiger partial charge in [-0.2, -0.15) is 0 Å². The molecular weight excluding hydrogens is 253 g/mol. The summed E-state index contributed by atoms with van der Waals surface area (Å²) in [5.74, 6) is 1.05. The van der Waals surface area contributed by atoms with Gasteiger partial charge in [-0.05, 0) is 41.3 Å². The van der Waals surface area contributed by atoms with Crippen molar-refractivity contribution in [1.82, 2.24) is 0 Å². The highest BCUT2D eigenvalue weighted by Gasteiger charge is 2.07. The first-order valence-corrected chi connectivity index (χ1v) is 6.80. The molecule has 106 valence electrons. The predicted molar refractivity (Wildman–Crippen MR) is 79.4 cm³/mol. The third-order valence-corrected chi connectivity index (χ3v) is 3.27. The summed E-state index contributed by atoms with van der Waals surface area (Å²) in [5, 5.41) is 0. The SMILES string of the molecule is CC(C)c1ccc(OCC(N)c2ccc(F)cc2)cc1. The molecule has 0 aliphatic carbocycles. The lowest BCUT2D eigenvalue weighted by Gasteiger charge is -2.14. The number of hydrogen-bond acceptors (Lipinski definition) is 2. The van der Waals surface area contributed by atoms with Crippen LogP contribution in [0.2, 0.25) is 0 Å². The first kappa shape index (κ1) is 14.5. The average molecular weight is 273 g/mol. The molecule has 0 saturated heterocycles. The Hall–Kier alpha value is -1.87. The van der Waals surface area contributed by atoms with Gasteiger partial charge in [0.2, 0.25) is 0 Å². The zero-order valence-electron chi connectivity index (χ0n) is 11.8. The van der Waals surface area contributed by atoms with Gasteiger partial charge < -0.3 is 10.5 Å². The Kier molecular flexibility index (Phi) is 4.74. The molecule has 1 atom stereocenters. The molecule has 0 aliphatic heterocycles. The molecule has 0 saturated carbocycles. The van der Waals surface area contributed by atoms with Gasteiger partial charge >= 0.3 is 0 Å². The third-order valence-electron chi connectivity index (χ3n) is 3.27. The van der Waals surface area contributed by atoms with Gasteiger partial charge in [0.25, 0.3) is 0 Å². The van der Waals surface area contributed by atoms with Gasteiger partial charge in [0.05, 0.1) is 6.04 Å². The third kappa shape index (κ3) is 3.81. The minimum atomic E-state index is -0.264. The van der Waals surface area contributed by atoms with Crippen LogP contribution in [-0.2, 0) is 0 Å². The maximum absolute atomic E-state index is 12.8.